The summed E-state index contributed by atoms with van der Waals surface area (Å²) in [5.41, 5.74) is 2.39. The van der Waals surface area contributed by atoms with Crippen LogP contribution in [0.3, 0.4) is 0 Å². The predicted octanol–water partition coefficient (Wildman–Crippen LogP) is 1.63. The van der Waals surface area contributed by atoms with Gasteiger partial charge in [-0.15, -0.1) is 0 Å². The molecular weight excluding hydrogens is 188 g/mol. The maximum atomic E-state index is 4.58. The average molecular weight is 206 g/mol. The van der Waals surface area contributed by atoms with E-state index in [9.17, 15) is 0 Å². The summed E-state index contributed by atoms with van der Waals surface area (Å²) in [4.78, 5) is 9.15. The second-order valence-corrected chi connectivity index (χ2v) is 4.14. The molecule has 2 rings (SSSR count). The van der Waals surface area contributed by atoms with E-state index in [4.69, 9.17) is 0 Å². The number of fused-ring (bicyclic) bond motifs is 1. The van der Waals surface area contributed by atoms with E-state index in [2.05, 4.69) is 41.4 Å². The molecule has 0 atom stereocenters. The molecular formula is C11H18N4. The Kier molecular flexibility index (Phi) is 2.86. The van der Waals surface area contributed by atoms with Crippen molar-refractivity contribution in [2.75, 3.05) is 11.9 Å². The lowest BCUT2D eigenvalue weighted by Gasteiger charge is -2.11. The summed E-state index contributed by atoms with van der Waals surface area (Å²) >= 11 is 0. The van der Waals surface area contributed by atoms with Gasteiger partial charge in [0.25, 0.3) is 0 Å². The van der Waals surface area contributed by atoms with Gasteiger partial charge in [0, 0.05) is 31.1 Å². The lowest BCUT2D eigenvalue weighted by molar-refractivity contribution is 0.741. The molecule has 0 radical (unpaired) electrons. The molecule has 2 heterocycles. The molecule has 82 valence electrons. The third-order valence-corrected chi connectivity index (χ3v) is 2.56. The van der Waals surface area contributed by atoms with Gasteiger partial charge in [-0.3, -0.25) is 0 Å². The van der Waals surface area contributed by atoms with Gasteiger partial charge < -0.3 is 10.6 Å². The largest absolute Gasteiger partial charge is 0.370 e. The van der Waals surface area contributed by atoms with Crippen LogP contribution < -0.4 is 10.6 Å². The van der Waals surface area contributed by atoms with Crippen LogP contribution in [0.1, 0.15) is 43.8 Å². The highest BCUT2D eigenvalue weighted by Crippen LogP contribution is 2.23. The number of nitrogens with zero attached hydrogens (tertiary/aromatic N) is 2. The predicted molar refractivity (Wildman–Crippen MR) is 60.8 cm³/mol. The summed E-state index contributed by atoms with van der Waals surface area (Å²) in [7, 11) is 0. The monoisotopic (exact) mass is 206 g/mol. The minimum atomic E-state index is 0.383. The van der Waals surface area contributed by atoms with Crippen molar-refractivity contribution < 1.29 is 0 Å². The zero-order valence-electron chi connectivity index (χ0n) is 9.59. The summed E-state index contributed by atoms with van der Waals surface area (Å²) in [6.07, 6.45) is 0. The third-order valence-electron chi connectivity index (χ3n) is 2.56. The van der Waals surface area contributed by atoms with Crippen LogP contribution in [-0.2, 0) is 13.1 Å². The van der Waals surface area contributed by atoms with E-state index in [1.807, 2.05) is 0 Å². The zero-order chi connectivity index (χ0) is 10.8. The summed E-state index contributed by atoms with van der Waals surface area (Å²) in [6, 6.07) is 0. The second-order valence-electron chi connectivity index (χ2n) is 4.14. The van der Waals surface area contributed by atoms with Crippen molar-refractivity contribution in [1.29, 1.82) is 0 Å². The van der Waals surface area contributed by atoms with Crippen molar-refractivity contribution in [3.63, 3.8) is 0 Å². The lowest BCUT2D eigenvalue weighted by atomic mass is 10.2. The highest BCUT2D eigenvalue weighted by molar-refractivity contribution is 5.48. The van der Waals surface area contributed by atoms with Crippen LogP contribution >= 0.6 is 0 Å². The van der Waals surface area contributed by atoms with Gasteiger partial charge in [-0.1, -0.05) is 13.8 Å². The molecule has 0 amide bonds. The standard InChI is InChI=1S/C11H18N4/c1-4-13-11-8-5-12-6-9(8)14-10(15-11)7(2)3/h7,12H,4-6H2,1-3H3,(H,13,14,15). The Morgan fingerprint density at radius 2 is 2.13 bits per heavy atom. The molecule has 1 aliphatic rings. The smallest absolute Gasteiger partial charge is 0.134 e. The highest BCUT2D eigenvalue weighted by atomic mass is 15.1. The first kappa shape index (κ1) is 10.4. The molecule has 4 heteroatoms. The Morgan fingerprint density at radius 1 is 1.33 bits per heavy atom. The first-order chi connectivity index (χ1) is 7.22. The zero-order valence-corrected chi connectivity index (χ0v) is 9.59. The normalized spacial score (nSPS) is 14.4. The summed E-state index contributed by atoms with van der Waals surface area (Å²) in [6.45, 7) is 9.00. The van der Waals surface area contributed by atoms with Gasteiger partial charge >= 0.3 is 0 Å². The first-order valence-corrected chi connectivity index (χ1v) is 5.56. The second kappa shape index (κ2) is 4.14. The number of anilines is 1. The molecule has 2 N–H and O–H groups in total. The molecule has 15 heavy (non-hydrogen) atoms. The van der Waals surface area contributed by atoms with Crippen LogP contribution in [0, 0.1) is 0 Å². The minimum absolute atomic E-state index is 0.383. The molecule has 0 saturated carbocycles. The van der Waals surface area contributed by atoms with Crippen LogP contribution in [-0.4, -0.2) is 16.5 Å². The average Bonchev–Trinajstić information content (AvgIpc) is 2.65. The van der Waals surface area contributed by atoms with E-state index in [1.165, 1.54) is 5.56 Å². The molecule has 0 fully saturated rings. The topological polar surface area (TPSA) is 49.8 Å². The Bertz CT molecular complexity index is 360. The van der Waals surface area contributed by atoms with E-state index < -0.39 is 0 Å². The lowest BCUT2D eigenvalue weighted by Crippen LogP contribution is -2.09. The maximum Gasteiger partial charge on any atom is 0.134 e. The van der Waals surface area contributed by atoms with E-state index in [1.54, 1.807) is 0 Å². The number of nitrogens with one attached hydrogen (secondary N) is 2. The quantitative estimate of drug-likeness (QED) is 0.789. The number of aromatic nitrogens is 2. The van der Waals surface area contributed by atoms with Crippen molar-refractivity contribution in [3.05, 3.63) is 17.1 Å². The summed E-state index contributed by atoms with van der Waals surface area (Å²) in [5.74, 6) is 2.33. The highest BCUT2D eigenvalue weighted by Gasteiger charge is 2.19. The van der Waals surface area contributed by atoms with Gasteiger partial charge in [-0.25, -0.2) is 9.97 Å². The van der Waals surface area contributed by atoms with Crippen LogP contribution in [0.5, 0.6) is 0 Å². The molecule has 0 aromatic carbocycles. The van der Waals surface area contributed by atoms with E-state index in [0.29, 0.717) is 5.92 Å². The van der Waals surface area contributed by atoms with Crippen LogP contribution in [0.2, 0.25) is 0 Å². The fourth-order valence-electron chi connectivity index (χ4n) is 1.76. The molecule has 1 aliphatic heterocycles. The van der Waals surface area contributed by atoms with Gasteiger partial charge in [0.2, 0.25) is 0 Å². The fraction of sp³-hybridized carbons (Fsp3) is 0.636. The van der Waals surface area contributed by atoms with Crippen molar-refractivity contribution in [1.82, 2.24) is 15.3 Å². The van der Waals surface area contributed by atoms with Crippen LogP contribution in [0.25, 0.3) is 0 Å². The molecule has 0 bridgehead atoms. The Balaban J connectivity index is 2.43. The van der Waals surface area contributed by atoms with Gasteiger partial charge in [-0.2, -0.15) is 0 Å². The van der Waals surface area contributed by atoms with E-state index >= 15 is 0 Å². The van der Waals surface area contributed by atoms with E-state index in [0.717, 1.165) is 37.0 Å². The maximum absolute atomic E-state index is 4.58. The summed E-state index contributed by atoms with van der Waals surface area (Å²) < 4.78 is 0. The van der Waals surface area contributed by atoms with Gasteiger partial charge in [0.05, 0.1) is 5.69 Å². The number of hydrogen-bond donors (Lipinski definition) is 2. The minimum Gasteiger partial charge on any atom is -0.370 e. The third kappa shape index (κ3) is 1.95. The number of hydrogen-bond acceptors (Lipinski definition) is 4. The van der Waals surface area contributed by atoms with Crippen LogP contribution in [0.4, 0.5) is 5.82 Å². The van der Waals surface area contributed by atoms with Gasteiger partial charge in [0.15, 0.2) is 0 Å². The van der Waals surface area contributed by atoms with Crippen molar-refractivity contribution in [3.8, 4) is 0 Å². The van der Waals surface area contributed by atoms with Crippen molar-refractivity contribution >= 4 is 5.82 Å². The molecule has 0 unspecified atom stereocenters. The first-order valence-electron chi connectivity index (χ1n) is 5.56. The fourth-order valence-corrected chi connectivity index (χ4v) is 1.76. The molecule has 4 nitrogen and oxygen atoms in total. The van der Waals surface area contributed by atoms with E-state index in [-0.39, 0.29) is 0 Å². The molecule has 0 spiro atoms. The van der Waals surface area contributed by atoms with Crippen molar-refractivity contribution in [2.45, 2.75) is 39.8 Å². The van der Waals surface area contributed by atoms with Gasteiger partial charge in [-0.05, 0) is 6.92 Å². The van der Waals surface area contributed by atoms with Gasteiger partial charge in [0.1, 0.15) is 11.6 Å². The Hall–Kier alpha value is -1.16. The number of rotatable bonds is 3. The SMILES string of the molecule is CCNc1nc(C(C)C)nc2c1CNC2. The Labute approximate surface area is 90.5 Å². The molecule has 1 aromatic rings. The molecule has 0 saturated heterocycles. The summed E-state index contributed by atoms with van der Waals surface area (Å²) in [5, 5.41) is 6.62. The molecule has 0 aliphatic carbocycles. The van der Waals surface area contributed by atoms with Crippen LogP contribution in [0.15, 0.2) is 0 Å². The Morgan fingerprint density at radius 3 is 2.80 bits per heavy atom. The molecule has 1 aromatic heterocycles. The van der Waals surface area contributed by atoms with Crippen molar-refractivity contribution in [2.24, 2.45) is 0 Å².